The predicted molar refractivity (Wildman–Crippen MR) is 55.9 cm³/mol. The van der Waals surface area contributed by atoms with E-state index in [0.29, 0.717) is 0 Å². The largest absolute Gasteiger partial charge is 0.494 e. The predicted octanol–water partition coefficient (Wildman–Crippen LogP) is 2.02. The van der Waals surface area contributed by atoms with Crippen molar-refractivity contribution in [3.63, 3.8) is 0 Å². The smallest absolute Gasteiger partial charge is 0.185 e. The quantitative estimate of drug-likeness (QED) is 0.810. The fraction of sp³-hybridized carbons (Fsp3) is 0.300. The van der Waals surface area contributed by atoms with Crippen LogP contribution in [0, 0.1) is 5.82 Å². The molecule has 0 amide bonds. The molecule has 0 saturated heterocycles. The molecule has 1 aromatic carbocycles. The van der Waals surface area contributed by atoms with E-state index in [0.717, 1.165) is 6.07 Å². The van der Waals surface area contributed by atoms with Gasteiger partial charge in [-0.15, -0.1) is 0 Å². The van der Waals surface area contributed by atoms with Gasteiger partial charge in [0.1, 0.15) is 5.82 Å². The first-order valence-corrected chi connectivity index (χ1v) is 4.68. The van der Waals surface area contributed by atoms with Crippen molar-refractivity contribution in [1.82, 2.24) is 0 Å². The summed E-state index contributed by atoms with van der Waals surface area (Å²) in [7, 11) is 1.32. The number of rotatable bonds is 3. The van der Waals surface area contributed by atoms with Crippen LogP contribution in [0.15, 0.2) is 12.1 Å². The summed E-state index contributed by atoms with van der Waals surface area (Å²) in [6.45, 7) is 1.47. The number of benzene rings is 1. The lowest BCUT2D eigenvalue weighted by atomic mass is 10.0. The maximum absolute atomic E-state index is 13.4. The first-order chi connectivity index (χ1) is 6.99. The van der Waals surface area contributed by atoms with Gasteiger partial charge < -0.3 is 10.5 Å². The van der Waals surface area contributed by atoms with E-state index in [-0.39, 0.29) is 16.3 Å². The minimum atomic E-state index is -0.799. The summed E-state index contributed by atoms with van der Waals surface area (Å²) in [5.41, 5.74) is 5.20. The Balaban J connectivity index is 3.37. The van der Waals surface area contributed by atoms with Gasteiger partial charge in [-0.05, 0) is 19.1 Å². The highest BCUT2D eigenvalue weighted by Gasteiger charge is 2.22. The number of hydrogen-bond donors (Lipinski definition) is 1. The van der Waals surface area contributed by atoms with Gasteiger partial charge in [-0.25, -0.2) is 4.39 Å². The first kappa shape index (κ1) is 11.9. The summed E-state index contributed by atoms with van der Waals surface area (Å²) in [5, 5.41) is 0.183. The minimum Gasteiger partial charge on any atom is -0.494 e. The third-order valence-corrected chi connectivity index (χ3v) is 2.22. The molecule has 15 heavy (non-hydrogen) atoms. The van der Waals surface area contributed by atoms with Crippen LogP contribution in [0.4, 0.5) is 4.39 Å². The average molecular weight is 232 g/mol. The maximum atomic E-state index is 13.4. The number of hydrogen-bond acceptors (Lipinski definition) is 3. The van der Waals surface area contributed by atoms with Gasteiger partial charge in [0.05, 0.1) is 23.7 Å². The van der Waals surface area contributed by atoms with E-state index in [4.69, 9.17) is 22.1 Å². The number of ketones is 1. The van der Waals surface area contributed by atoms with Crippen LogP contribution in [-0.4, -0.2) is 18.9 Å². The second-order valence-electron chi connectivity index (χ2n) is 3.09. The molecule has 2 N–H and O–H groups in total. The van der Waals surface area contributed by atoms with Gasteiger partial charge in [-0.2, -0.15) is 0 Å². The number of halogens is 2. The SMILES string of the molecule is COc1c(Cl)ccc(F)c1C(=O)C(C)N. The second kappa shape index (κ2) is 4.59. The molecule has 0 aromatic heterocycles. The molecule has 0 aliphatic carbocycles. The monoisotopic (exact) mass is 231 g/mol. The molecular weight excluding hydrogens is 221 g/mol. The van der Waals surface area contributed by atoms with Gasteiger partial charge in [0.25, 0.3) is 0 Å². The molecule has 1 rings (SSSR count). The van der Waals surface area contributed by atoms with Crippen molar-refractivity contribution >= 4 is 17.4 Å². The van der Waals surface area contributed by atoms with Crippen LogP contribution in [0.25, 0.3) is 0 Å². The van der Waals surface area contributed by atoms with E-state index in [1.54, 1.807) is 0 Å². The molecule has 0 aliphatic rings. The van der Waals surface area contributed by atoms with Crippen molar-refractivity contribution in [3.8, 4) is 5.75 Å². The number of ether oxygens (including phenoxy) is 1. The van der Waals surface area contributed by atoms with Crippen LogP contribution in [-0.2, 0) is 0 Å². The summed E-state index contributed by atoms with van der Waals surface area (Å²) in [4.78, 5) is 11.6. The lowest BCUT2D eigenvalue weighted by molar-refractivity contribution is 0.0960. The summed E-state index contributed by atoms with van der Waals surface area (Å²) >= 11 is 5.77. The minimum absolute atomic E-state index is 0.0268. The molecule has 3 nitrogen and oxygen atoms in total. The normalized spacial score (nSPS) is 12.3. The molecule has 1 unspecified atom stereocenters. The fourth-order valence-corrected chi connectivity index (χ4v) is 1.42. The Labute approximate surface area is 92.0 Å². The molecule has 0 fully saturated rings. The molecule has 1 atom stereocenters. The van der Waals surface area contributed by atoms with Crippen LogP contribution in [0.3, 0.4) is 0 Å². The molecule has 5 heteroatoms. The van der Waals surface area contributed by atoms with Crippen LogP contribution < -0.4 is 10.5 Å². The highest BCUT2D eigenvalue weighted by Crippen LogP contribution is 2.31. The van der Waals surface area contributed by atoms with Gasteiger partial charge in [-0.3, -0.25) is 4.79 Å². The maximum Gasteiger partial charge on any atom is 0.185 e. The highest BCUT2D eigenvalue weighted by molar-refractivity contribution is 6.32. The van der Waals surface area contributed by atoms with Gasteiger partial charge >= 0.3 is 0 Å². The summed E-state index contributed by atoms with van der Waals surface area (Å²) in [5.74, 6) is -1.19. The Morgan fingerprint density at radius 1 is 1.60 bits per heavy atom. The standard InChI is InChI=1S/C10H11ClFNO2/c1-5(13)9(14)8-7(12)4-3-6(11)10(8)15-2/h3-5H,13H2,1-2H3. The molecule has 0 saturated carbocycles. The Morgan fingerprint density at radius 2 is 2.20 bits per heavy atom. The lowest BCUT2D eigenvalue weighted by Gasteiger charge is -2.11. The molecule has 1 aromatic rings. The molecule has 0 radical (unpaired) electrons. The molecule has 0 aliphatic heterocycles. The number of carbonyl (C=O) groups is 1. The van der Waals surface area contributed by atoms with Gasteiger partial charge in [0.15, 0.2) is 11.5 Å². The van der Waals surface area contributed by atoms with Crippen molar-refractivity contribution in [3.05, 3.63) is 28.5 Å². The summed E-state index contributed by atoms with van der Waals surface area (Å²) in [6, 6.07) is 1.64. The second-order valence-corrected chi connectivity index (χ2v) is 3.50. The number of nitrogens with two attached hydrogens (primary N) is 1. The van der Waals surface area contributed by atoms with E-state index in [1.165, 1.54) is 20.1 Å². The number of methoxy groups -OCH3 is 1. The lowest BCUT2D eigenvalue weighted by Crippen LogP contribution is -2.28. The first-order valence-electron chi connectivity index (χ1n) is 4.30. The van der Waals surface area contributed by atoms with Crippen LogP contribution in [0.1, 0.15) is 17.3 Å². The number of carbonyl (C=O) groups excluding carboxylic acids is 1. The van der Waals surface area contributed by atoms with Crippen LogP contribution in [0.5, 0.6) is 5.75 Å². The van der Waals surface area contributed by atoms with Crippen molar-refractivity contribution in [1.29, 1.82) is 0 Å². The molecule has 0 bridgehead atoms. The molecule has 0 spiro atoms. The van der Waals surface area contributed by atoms with Crippen molar-refractivity contribution < 1.29 is 13.9 Å². The Bertz CT molecular complexity index is 393. The van der Waals surface area contributed by atoms with Crippen LogP contribution >= 0.6 is 11.6 Å². The van der Waals surface area contributed by atoms with Gasteiger partial charge in [0.2, 0.25) is 0 Å². The third kappa shape index (κ3) is 2.27. The number of Topliss-reactive ketones (excluding diaryl/α,β-unsaturated/α-hetero) is 1. The summed E-state index contributed by atoms with van der Waals surface area (Å²) in [6.07, 6.45) is 0. The van der Waals surface area contributed by atoms with Crippen molar-refractivity contribution in [2.75, 3.05) is 7.11 Å². The van der Waals surface area contributed by atoms with E-state index >= 15 is 0 Å². The fourth-order valence-electron chi connectivity index (χ4n) is 1.19. The van der Waals surface area contributed by atoms with E-state index < -0.39 is 17.6 Å². The highest BCUT2D eigenvalue weighted by atomic mass is 35.5. The molecular formula is C10H11ClFNO2. The Kier molecular flexibility index (Phi) is 3.66. The van der Waals surface area contributed by atoms with E-state index in [2.05, 4.69) is 0 Å². The molecule has 82 valence electrons. The van der Waals surface area contributed by atoms with Crippen molar-refractivity contribution in [2.45, 2.75) is 13.0 Å². The summed E-state index contributed by atoms with van der Waals surface area (Å²) < 4.78 is 18.3. The molecule has 0 heterocycles. The van der Waals surface area contributed by atoms with E-state index in [9.17, 15) is 9.18 Å². The van der Waals surface area contributed by atoms with Crippen LogP contribution in [0.2, 0.25) is 5.02 Å². The van der Waals surface area contributed by atoms with Crippen molar-refractivity contribution in [2.24, 2.45) is 5.73 Å². The average Bonchev–Trinajstić information content (AvgIpc) is 2.19. The van der Waals surface area contributed by atoms with Gasteiger partial charge in [0, 0.05) is 0 Å². The topological polar surface area (TPSA) is 52.3 Å². The zero-order valence-corrected chi connectivity index (χ0v) is 9.14. The Morgan fingerprint density at radius 3 is 2.67 bits per heavy atom. The van der Waals surface area contributed by atoms with E-state index in [1.807, 2.05) is 0 Å². The van der Waals surface area contributed by atoms with Gasteiger partial charge in [-0.1, -0.05) is 11.6 Å². The zero-order valence-electron chi connectivity index (χ0n) is 8.38. The zero-order chi connectivity index (χ0) is 11.6. The third-order valence-electron chi connectivity index (χ3n) is 1.92. The Hall–Kier alpha value is -1.13.